The van der Waals surface area contributed by atoms with E-state index < -0.39 is 0 Å². The Bertz CT molecular complexity index is 765. The first-order valence-corrected chi connectivity index (χ1v) is 7.71. The molecule has 5 heteroatoms. The SMILES string of the molecule is C#Cc1cn2ccc(C(=O)N[C@H]3CN4CCC3CC4)cc2n1. The van der Waals surface area contributed by atoms with Gasteiger partial charge in [-0.15, -0.1) is 6.42 Å². The van der Waals surface area contributed by atoms with E-state index in [2.05, 4.69) is 21.1 Å². The summed E-state index contributed by atoms with van der Waals surface area (Å²) in [5, 5.41) is 3.19. The summed E-state index contributed by atoms with van der Waals surface area (Å²) in [6.45, 7) is 3.32. The second-order valence-corrected chi connectivity index (χ2v) is 6.17. The summed E-state index contributed by atoms with van der Waals surface area (Å²) < 4.78 is 1.83. The molecule has 5 heterocycles. The first kappa shape index (κ1) is 13.4. The van der Waals surface area contributed by atoms with Crippen LogP contribution >= 0.6 is 0 Å². The molecule has 2 aromatic rings. The third-order valence-electron chi connectivity index (χ3n) is 4.84. The lowest BCUT2D eigenvalue weighted by Gasteiger charge is -2.44. The molecule has 5 nitrogen and oxygen atoms in total. The Labute approximate surface area is 129 Å². The molecule has 1 amide bonds. The number of rotatable bonds is 2. The van der Waals surface area contributed by atoms with E-state index in [1.807, 2.05) is 16.7 Å². The maximum atomic E-state index is 12.5. The minimum atomic E-state index is -0.0218. The van der Waals surface area contributed by atoms with Crippen LogP contribution < -0.4 is 5.32 Å². The number of carbonyl (C=O) groups excluding carboxylic acids is 1. The average molecular weight is 294 g/mol. The number of nitrogens with zero attached hydrogens (tertiary/aromatic N) is 3. The summed E-state index contributed by atoms with van der Waals surface area (Å²) >= 11 is 0. The van der Waals surface area contributed by atoms with Crippen molar-refractivity contribution in [1.82, 2.24) is 19.6 Å². The molecular formula is C17H18N4O. The van der Waals surface area contributed by atoms with E-state index in [-0.39, 0.29) is 11.9 Å². The Hall–Kier alpha value is -2.32. The zero-order valence-electron chi connectivity index (χ0n) is 12.3. The molecule has 3 aliphatic rings. The molecule has 0 unspecified atom stereocenters. The number of carbonyl (C=O) groups is 1. The summed E-state index contributed by atoms with van der Waals surface area (Å²) in [6, 6.07) is 3.87. The first-order chi connectivity index (χ1) is 10.7. The molecule has 1 N–H and O–H groups in total. The zero-order chi connectivity index (χ0) is 15.1. The van der Waals surface area contributed by atoms with Crippen LogP contribution in [0.25, 0.3) is 5.65 Å². The van der Waals surface area contributed by atoms with Gasteiger partial charge in [-0.05, 0) is 49.9 Å². The van der Waals surface area contributed by atoms with Gasteiger partial charge in [0.2, 0.25) is 0 Å². The molecule has 1 atom stereocenters. The van der Waals surface area contributed by atoms with Crippen LogP contribution in [0.15, 0.2) is 24.5 Å². The predicted octanol–water partition coefficient (Wildman–Crippen LogP) is 1.14. The number of hydrogen-bond acceptors (Lipinski definition) is 3. The Balaban J connectivity index is 1.54. The summed E-state index contributed by atoms with van der Waals surface area (Å²) in [5.41, 5.74) is 1.92. The second-order valence-electron chi connectivity index (χ2n) is 6.17. The fraction of sp³-hybridized carbons (Fsp3) is 0.412. The number of imidazole rings is 1. The monoisotopic (exact) mass is 294 g/mol. The molecule has 0 radical (unpaired) electrons. The molecule has 3 fully saturated rings. The van der Waals surface area contributed by atoms with Crippen LogP contribution in [-0.2, 0) is 0 Å². The highest BCUT2D eigenvalue weighted by Crippen LogP contribution is 2.27. The van der Waals surface area contributed by atoms with Gasteiger partial charge in [0.05, 0.1) is 0 Å². The van der Waals surface area contributed by atoms with Crippen molar-refractivity contribution in [2.24, 2.45) is 5.92 Å². The highest BCUT2D eigenvalue weighted by Gasteiger charge is 2.34. The maximum Gasteiger partial charge on any atom is 0.251 e. The van der Waals surface area contributed by atoms with E-state index in [0.717, 1.165) is 6.54 Å². The van der Waals surface area contributed by atoms with Crippen molar-refractivity contribution in [1.29, 1.82) is 0 Å². The highest BCUT2D eigenvalue weighted by atomic mass is 16.1. The molecule has 3 aliphatic heterocycles. The first-order valence-electron chi connectivity index (χ1n) is 7.71. The van der Waals surface area contributed by atoms with Crippen molar-refractivity contribution < 1.29 is 4.79 Å². The van der Waals surface area contributed by atoms with Crippen molar-refractivity contribution in [2.45, 2.75) is 18.9 Å². The number of piperidine rings is 3. The molecule has 0 aromatic carbocycles. The largest absolute Gasteiger partial charge is 0.348 e. The van der Waals surface area contributed by atoms with Gasteiger partial charge >= 0.3 is 0 Å². The number of nitrogens with one attached hydrogen (secondary N) is 1. The third-order valence-corrected chi connectivity index (χ3v) is 4.84. The number of amides is 1. The molecule has 2 aromatic heterocycles. The number of pyridine rings is 1. The van der Waals surface area contributed by atoms with Crippen LogP contribution in [0.1, 0.15) is 28.9 Å². The predicted molar refractivity (Wildman–Crippen MR) is 83.5 cm³/mol. The summed E-state index contributed by atoms with van der Waals surface area (Å²) in [7, 11) is 0. The van der Waals surface area contributed by atoms with Crippen LogP contribution in [0.5, 0.6) is 0 Å². The number of hydrogen-bond donors (Lipinski definition) is 1. The molecule has 0 saturated carbocycles. The van der Waals surface area contributed by atoms with Crippen molar-refractivity contribution in [3.8, 4) is 12.3 Å². The van der Waals surface area contributed by atoms with E-state index in [4.69, 9.17) is 6.42 Å². The van der Waals surface area contributed by atoms with Crippen LogP contribution in [-0.4, -0.2) is 45.9 Å². The standard InChI is InChI=1S/C17H18N4O/c1-2-14-10-21-8-5-13(9-16(21)18-14)17(22)19-15-11-20-6-3-12(15)4-7-20/h1,5,8-10,12,15H,3-4,6-7,11H2,(H,19,22)/t15-/m0/s1. The number of aromatic nitrogens is 2. The van der Waals surface area contributed by atoms with Crippen molar-refractivity contribution >= 4 is 11.6 Å². The summed E-state index contributed by atoms with van der Waals surface area (Å²) in [5.74, 6) is 3.11. The van der Waals surface area contributed by atoms with Gasteiger partial charge in [-0.3, -0.25) is 4.79 Å². The smallest absolute Gasteiger partial charge is 0.251 e. The molecule has 0 aliphatic carbocycles. The number of fused-ring (bicyclic) bond motifs is 4. The summed E-state index contributed by atoms with van der Waals surface area (Å²) in [4.78, 5) is 19.2. The number of terminal acetylenes is 1. The fourth-order valence-electron chi connectivity index (χ4n) is 3.57. The molecule has 5 rings (SSSR count). The van der Waals surface area contributed by atoms with Gasteiger partial charge in [-0.2, -0.15) is 0 Å². The van der Waals surface area contributed by atoms with Gasteiger partial charge in [0.15, 0.2) is 0 Å². The topological polar surface area (TPSA) is 49.6 Å². The fourth-order valence-corrected chi connectivity index (χ4v) is 3.57. The molecule has 112 valence electrons. The van der Waals surface area contributed by atoms with E-state index in [1.165, 1.54) is 25.9 Å². The lowest BCUT2D eigenvalue weighted by Crippen LogP contribution is -2.57. The lowest BCUT2D eigenvalue weighted by atomic mass is 9.84. The summed E-state index contributed by atoms with van der Waals surface area (Å²) in [6.07, 6.45) is 11.4. The minimum absolute atomic E-state index is 0.0218. The van der Waals surface area contributed by atoms with Crippen LogP contribution in [0.3, 0.4) is 0 Å². The molecule has 2 bridgehead atoms. The Morgan fingerprint density at radius 3 is 2.91 bits per heavy atom. The quantitative estimate of drug-likeness (QED) is 0.845. The van der Waals surface area contributed by atoms with E-state index in [0.29, 0.717) is 22.8 Å². The van der Waals surface area contributed by atoms with Gasteiger partial charge < -0.3 is 14.6 Å². The Morgan fingerprint density at radius 2 is 2.23 bits per heavy atom. The van der Waals surface area contributed by atoms with Crippen molar-refractivity contribution in [3.63, 3.8) is 0 Å². The normalized spacial score (nSPS) is 26.8. The van der Waals surface area contributed by atoms with Gasteiger partial charge in [0, 0.05) is 30.5 Å². The minimum Gasteiger partial charge on any atom is -0.348 e. The van der Waals surface area contributed by atoms with E-state index in [1.54, 1.807) is 12.3 Å². The molecule has 3 saturated heterocycles. The Kier molecular flexibility index (Phi) is 3.12. The van der Waals surface area contributed by atoms with Gasteiger partial charge in [-0.1, -0.05) is 0 Å². The lowest BCUT2D eigenvalue weighted by molar-refractivity contribution is 0.0620. The van der Waals surface area contributed by atoms with Crippen molar-refractivity contribution in [2.75, 3.05) is 19.6 Å². The van der Waals surface area contributed by atoms with Crippen LogP contribution in [0.2, 0.25) is 0 Å². The van der Waals surface area contributed by atoms with Crippen molar-refractivity contribution in [3.05, 3.63) is 35.8 Å². The van der Waals surface area contributed by atoms with E-state index >= 15 is 0 Å². The highest BCUT2D eigenvalue weighted by molar-refractivity contribution is 5.95. The molecule has 22 heavy (non-hydrogen) atoms. The van der Waals surface area contributed by atoms with Crippen LogP contribution in [0, 0.1) is 18.3 Å². The zero-order valence-corrected chi connectivity index (χ0v) is 12.3. The van der Waals surface area contributed by atoms with E-state index in [9.17, 15) is 4.79 Å². The second kappa shape index (κ2) is 5.15. The molecule has 0 spiro atoms. The van der Waals surface area contributed by atoms with Gasteiger partial charge in [-0.25, -0.2) is 4.98 Å². The van der Waals surface area contributed by atoms with Gasteiger partial charge in [0.25, 0.3) is 5.91 Å². The maximum absolute atomic E-state index is 12.5. The molecular weight excluding hydrogens is 276 g/mol. The van der Waals surface area contributed by atoms with Crippen LogP contribution in [0.4, 0.5) is 0 Å². The Morgan fingerprint density at radius 1 is 1.41 bits per heavy atom. The van der Waals surface area contributed by atoms with Gasteiger partial charge in [0.1, 0.15) is 11.3 Å². The average Bonchev–Trinajstić information content (AvgIpc) is 2.98. The third kappa shape index (κ3) is 2.26.